The summed E-state index contributed by atoms with van der Waals surface area (Å²) in [4.78, 5) is 22.7. The largest absolute Gasteiger partial charge is 0.380 e. The van der Waals surface area contributed by atoms with Gasteiger partial charge in [0.1, 0.15) is 23.1 Å². The second-order valence-corrected chi connectivity index (χ2v) is 11.8. The van der Waals surface area contributed by atoms with E-state index in [9.17, 15) is 9.90 Å². The van der Waals surface area contributed by atoms with Crippen molar-refractivity contribution in [3.63, 3.8) is 0 Å². The number of hydrogen-bond acceptors (Lipinski definition) is 7. The summed E-state index contributed by atoms with van der Waals surface area (Å²) in [6.45, 7) is 3.68. The first-order chi connectivity index (χ1) is 20.1. The lowest BCUT2D eigenvalue weighted by Crippen LogP contribution is -2.54. The summed E-state index contributed by atoms with van der Waals surface area (Å²) in [5.74, 6) is -0.642. The number of hydrogen-bond donors (Lipinski definition) is 2. The first kappa shape index (κ1) is 28.3. The number of fused-ring (bicyclic) bond motifs is 1. The third-order valence-electron chi connectivity index (χ3n) is 8.88. The van der Waals surface area contributed by atoms with Crippen LogP contribution < -0.4 is 5.73 Å². The number of nitrogens with zero attached hydrogens (tertiary/aromatic N) is 5. The molecule has 1 saturated carbocycles. The molecule has 0 bridgehead atoms. The SMILES string of the molecule is CC(=O)N(C)[C@@H]1[C@H](N)C[C@H](c2ccncc2Cc2ncc3ccc(-c4c(F)cc(C5(O)COC5)cc4F)nn23)C[C@@H]1C. The van der Waals surface area contributed by atoms with E-state index in [4.69, 9.17) is 10.5 Å². The van der Waals surface area contributed by atoms with Crippen molar-refractivity contribution >= 4 is 11.4 Å². The predicted molar refractivity (Wildman–Crippen MR) is 151 cm³/mol. The fraction of sp³-hybridized carbons (Fsp3) is 0.419. The van der Waals surface area contributed by atoms with Gasteiger partial charge in [0, 0.05) is 44.9 Å². The lowest BCUT2D eigenvalue weighted by atomic mass is 9.72. The fourth-order valence-corrected chi connectivity index (χ4v) is 6.60. The molecule has 220 valence electrons. The number of ether oxygens (including phenoxy) is 1. The monoisotopic (exact) mass is 576 g/mol. The van der Waals surface area contributed by atoms with E-state index >= 15 is 8.78 Å². The van der Waals surface area contributed by atoms with Crippen molar-refractivity contribution in [1.82, 2.24) is 24.5 Å². The Balaban J connectivity index is 1.30. The summed E-state index contributed by atoms with van der Waals surface area (Å²) in [5, 5.41) is 15.0. The van der Waals surface area contributed by atoms with E-state index in [0.717, 1.165) is 36.1 Å². The minimum atomic E-state index is -1.39. The van der Waals surface area contributed by atoms with Gasteiger partial charge in [0.25, 0.3) is 0 Å². The Morgan fingerprint density at radius 1 is 1.19 bits per heavy atom. The molecule has 0 unspecified atom stereocenters. The van der Waals surface area contributed by atoms with E-state index in [1.165, 1.54) is 0 Å². The lowest BCUT2D eigenvalue weighted by Gasteiger charge is -2.43. The van der Waals surface area contributed by atoms with Gasteiger partial charge in [-0.15, -0.1) is 0 Å². The first-order valence-electron chi connectivity index (χ1n) is 14.1. The maximum absolute atomic E-state index is 15.2. The smallest absolute Gasteiger partial charge is 0.219 e. The summed E-state index contributed by atoms with van der Waals surface area (Å²) < 4.78 is 37.0. The number of pyridine rings is 1. The summed E-state index contributed by atoms with van der Waals surface area (Å²) in [7, 11) is 1.81. The fourth-order valence-electron chi connectivity index (χ4n) is 6.60. The minimum absolute atomic E-state index is 0.00406. The van der Waals surface area contributed by atoms with Crippen LogP contribution in [-0.4, -0.2) is 67.8 Å². The topological polar surface area (TPSA) is 119 Å². The second-order valence-electron chi connectivity index (χ2n) is 11.8. The molecule has 3 N–H and O–H groups in total. The van der Waals surface area contributed by atoms with Gasteiger partial charge in [0.05, 0.1) is 36.2 Å². The highest BCUT2D eigenvalue weighted by molar-refractivity contribution is 5.73. The Hall–Kier alpha value is -3.80. The van der Waals surface area contributed by atoms with E-state index in [2.05, 4.69) is 22.0 Å². The zero-order chi connectivity index (χ0) is 29.8. The number of aromatic nitrogens is 4. The van der Waals surface area contributed by atoms with Crippen LogP contribution in [0.15, 0.2) is 48.9 Å². The molecular weight excluding hydrogens is 542 g/mol. The number of rotatable bonds is 6. The standard InChI is InChI=1S/C31H34F2N6O3/c1-17-8-19(9-26(34)30(17)38(3)18(2)40)23-6-7-35-13-20(23)10-28-36-14-22-4-5-27(37-39(22)28)29-24(32)11-21(12-25(29)33)31(41)15-42-16-31/h4-7,11-14,17,19,26,30,41H,8-10,15-16,34H2,1-3H3/t17-,19+,26+,30-/m0/s1. The molecule has 42 heavy (non-hydrogen) atoms. The number of imidazole rings is 1. The molecule has 1 amide bonds. The van der Waals surface area contributed by atoms with E-state index in [-0.39, 0.29) is 59.9 Å². The van der Waals surface area contributed by atoms with Crippen LogP contribution in [0.5, 0.6) is 0 Å². The van der Waals surface area contributed by atoms with Crippen molar-refractivity contribution in [3.8, 4) is 11.3 Å². The molecule has 11 heteroatoms. The van der Waals surface area contributed by atoms with Gasteiger partial charge in [0.15, 0.2) is 0 Å². The number of aliphatic hydroxyl groups is 1. The zero-order valence-electron chi connectivity index (χ0n) is 23.8. The van der Waals surface area contributed by atoms with E-state index in [1.807, 2.05) is 19.3 Å². The van der Waals surface area contributed by atoms with Crippen molar-refractivity contribution < 1.29 is 23.4 Å². The number of carbonyl (C=O) groups excluding carboxylic acids is 1. The quantitative estimate of drug-likeness (QED) is 0.360. The van der Waals surface area contributed by atoms with Gasteiger partial charge >= 0.3 is 0 Å². The molecule has 1 aliphatic heterocycles. The number of likely N-dealkylation sites (N-methyl/N-ethyl adjacent to an activating group) is 1. The molecule has 1 aliphatic carbocycles. The average molecular weight is 577 g/mol. The van der Waals surface area contributed by atoms with E-state index in [1.54, 1.807) is 40.9 Å². The second kappa shape index (κ2) is 10.8. The van der Waals surface area contributed by atoms with Gasteiger partial charge in [-0.25, -0.2) is 18.3 Å². The van der Waals surface area contributed by atoms with Gasteiger partial charge < -0.3 is 20.5 Å². The molecule has 2 aliphatic rings. The summed E-state index contributed by atoms with van der Waals surface area (Å²) in [6, 6.07) is 7.36. The van der Waals surface area contributed by atoms with Crippen molar-refractivity contribution in [2.75, 3.05) is 20.3 Å². The average Bonchev–Trinajstić information content (AvgIpc) is 3.33. The van der Waals surface area contributed by atoms with Crippen LogP contribution >= 0.6 is 0 Å². The van der Waals surface area contributed by atoms with Crippen LogP contribution in [0.4, 0.5) is 8.78 Å². The Kier molecular flexibility index (Phi) is 7.28. The van der Waals surface area contributed by atoms with Crippen LogP contribution in [0.2, 0.25) is 0 Å². The Morgan fingerprint density at radius 2 is 1.93 bits per heavy atom. The maximum atomic E-state index is 15.2. The Bertz CT molecular complexity index is 1620. The summed E-state index contributed by atoms with van der Waals surface area (Å²) in [5.41, 5.74) is 7.97. The highest BCUT2D eigenvalue weighted by Gasteiger charge is 2.40. The van der Waals surface area contributed by atoms with Gasteiger partial charge in [-0.05, 0) is 71.7 Å². The number of amides is 1. The van der Waals surface area contributed by atoms with Gasteiger partial charge in [-0.3, -0.25) is 9.78 Å². The summed E-state index contributed by atoms with van der Waals surface area (Å²) >= 11 is 0. The minimum Gasteiger partial charge on any atom is -0.380 e. The van der Waals surface area contributed by atoms with Crippen LogP contribution in [0.25, 0.3) is 16.8 Å². The molecule has 4 aromatic rings. The summed E-state index contributed by atoms with van der Waals surface area (Å²) in [6.07, 6.45) is 7.26. The molecule has 2 fully saturated rings. The molecule has 4 heterocycles. The van der Waals surface area contributed by atoms with E-state index in [0.29, 0.717) is 17.8 Å². The Labute approximate surface area is 242 Å². The molecule has 1 aromatic carbocycles. The van der Waals surface area contributed by atoms with Crippen molar-refractivity contribution in [2.24, 2.45) is 11.7 Å². The van der Waals surface area contributed by atoms with Crippen LogP contribution in [0, 0.1) is 17.6 Å². The highest BCUT2D eigenvalue weighted by atomic mass is 19.1. The normalized spacial score (nSPS) is 23.5. The molecule has 6 rings (SSSR count). The highest BCUT2D eigenvalue weighted by Crippen LogP contribution is 2.39. The number of carbonyl (C=O) groups is 1. The number of halogens is 2. The maximum Gasteiger partial charge on any atom is 0.219 e. The zero-order valence-corrected chi connectivity index (χ0v) is 23.8. The van der Waals surface area contributed by atoms with Crippen molar-refractivity contribution in [1.29, 1.82) is 0 Å². The van der Waals surface area contributed by atoms with Crippen molar-refractivity contribution in [2.45, 2.75) is 56.7 Å². The van der Waals surface area contributed by atoms with Crippen LogP contribution in [-0.2, 0) is 21.6 Å². The molecule has 3 aromatic heterocycles. The third-order valence-corrected chi connectivity index (χ3v) is 8.88. The van der Waals surface area contributed by atoms with E-state index < -0.39 is 17.2 Å². The Morgan fingerprint density at radius 3 is 2.57 bits per heavy atom. The van der Waals surface area contributed by atoms with Crippen LogP contribution in [0.1, 0.15) is 55.1 Å². The molecule has 9 nitrogen and oxygen atoms in total. The molecule has 1 saturated heterocycles. The van der Waals surface area contributed by atoms with Gasteiger partial charge in [-0.1, -0.05) is 6.92 Å². The predicted octanol–water partition coefficient (Wildman–Crippen LogP) is 3.57. The van der Waals surface area contributed by atoms with Crippen LogP contribution in [0.3, 0.4) is 0 Å². The van der Waals surface area contributed by atoms with Gasteiger partial charge in [-0.2, -0.15) is 5.10 Å². The molecular formula is C31H34F2N6O3. The third kappa shape index (κ3) is 4.95. The lowest BCUT2D eigenvalue weighted by molar-refractivity contribution is -0.184. The molecule has 0 radical (unpaired) electrons. The molecule has 4 atom stereocenters. The van der Waals surface area contributed by atoms with Crippen molar-refractivity contribution in [3.05, 3.63) is 83.1 Å². The number of nitrogens with two attached hydrogens (primary N) is 1. The number of benzene rings is 1. The first-order valence-corrected chi connectivity index (χ1v) is 14.1. The molecule has 0 spiro atoms. The van der Waals surface area contributed by atoms with Gasteiger partial charge in [0.2, 0.25) is 5.91 Å².